The number of sulfonamides is 1. The number of nitriles is 1. The van der Waals surface area contributed by atoms with Gasteiger partial charge in [0.2, 0.25) is 10.0 Å². The van der Waals surface area contributed by atoms with Gasteiger partial charge in [0.25, 0.3) is 5.91 Å². The van der Waals surface area contributed by atoms with E-state index in [1.165, 1.54) is 21.3 Å². The monoisotopic (exact) mass is 385 g/mol. The van der Waals surface area contributed by atoms with Crippen LogP contribution in [0.25, 0.3) is 0 Å². The van der Waals surface area contributed by atoms with Crippen molar-refractivity contribution in [3.63, 3.8) is 0 Å². The summed E-state index contributed by atoms with van der Waals surface area (Å²) in [6.07, 6.45) is 0. The topological polar surface area (TPSA) is 81.5 Å². The molecule has 0 unspecified atom stereocenters. The molecule has 0 heterocycles. The highest BCUT2D eigenvalue weighted by Crippen LogP contribution is 2.18. The van der Waals surface area contributed by atoms with E-state index in [4.69, 9.17) is 5.26 Å². The van der Waals surface area contributed by atoms with Gasteiger partial charge in [-0.1, -0.05) is 32.0 Å². The Hall–Kier alpha value is -2.69. The molecule has 0 aromatic heterocycles. The summed E-state index contributed by atoms with van der Waals surface area (Å²) in [6.45, 7) is 4.66. The van der Waals surface area contributed by atoms with E-state index in [2.05, 4.69) is 6.07 Å². The molecule has 6 nitrogen and oxygen atoms in total. The second-order valence-corrected chi connectivity index (χ2v) is 8.03. The van der Waals surface area contributed by atoms with Gasteiger partial charge in [-0.2, -0.15) is 9.57 Å². The molecular weight excluding hydrogens is 362 g/mol. The van der Waals surface area contributed by atoms with Crippen molar-refractivity contribution in [3.05, 3.63) is 65.2 Å². The Bertz CT molecular complexity index is 943. The number of nitrogens with zero attached hydrogens (tertiary/aromatic N) is 3. The molecule has 0 fully saturated rings. The summed E-state index contributed by atoms with van der Waals surface area (Å²) >= 11 is 0. The van der Waals surface area contributed by atoms with Crippen LogP contribution in [0.15, 0.2) is 53.4 Å². The first kappa shape index (κ1) is 20.6. The van der Waals surface area contributed by atoms with Gasteiger partial charge in [0, 0.05) is 32.2 Å². The molecule has 0 aliphatic heterocycles. The number of benzene rings is 2. The average Bonchev–Trinajstić information content (AvgIpc) is 2.68. The highest BCUT2D eigenvalue weighted by Gasteiger charge is 2.23. The maximum atomic E-state index is 12.7. The van der Waals surface area contributed by atoms with E-state index < -0.39 is 10.0 Å². The third-order valence-electron chi connectivity index (χ3n) is 4.27. The van der Waals surface area contributed by atoms with Crippen LogP contribution >= 0.6 is 0 Å². The van der Waals surface area contributed by atoms with E-state index >= 15 is 0 Å². The highest BCUT2D eigenvalue weighted by molar-refractivity contribution is 7.89. The quantitative estimate of drug-likeness (QED) is 0.734. The number of carbonyl (C=O) groups excluding carboxylic acids is 1. The van der Waals surface area contributed by atoms with E-state index in [0.29, 0.717) is 30.8 Å². The van der Waals surface area contributed by atoms with Gasteiger partial charge >= 0.3 is 0 Å². The summed E-state index contributed by atoms with van der Waals surface area (Å²) in [5.41, 5.74) is 1.76. The molecule has 2 rings (SSSR count). The molecular formula is C20H23N3O3S. The van der Waals surface area contributed by atoms with Crippen molar-refractivity contribution in [1.82, 2.24) is 9.21 Å². The van der Waals surface area contributed by atoms with Crippen molar-refractivity contribution in [2.24, 2.45) is 0 Å². The molecule has 0 N–H and O–H groups in total. The van der Waals surface area contributed by atoms with Crippen molar-refractivity contribution in [1.29, 1.82) is 5.26 Å². The second-order valence-electron chi connectivity index (χ2n) is 6.09. The van der Waals surface area contributed by atoms with Gasteiger partial charge in [-0.25, -0.2) is 8.42 Å². The van der Waals surface area contributed by atoms with Crippen LogP contribution in [0.1, 0.15) is 35.3 Å². The fourth-order valence-corrected chi connectivity index (χ4v) is 4.26. The maximum absolute atomic E-state index is 12.7. The Morgan fingerprint density at radius 2 is 1.70 bits per heavy atom. The lowest BCUT2D eigenvalue weighted by atomic mass is 10.1. The van der Waals surface area contributed by atoms with Crippen LogP contribution in [0.5, 0.6) is 0 Å². The first-order valence-corrected chi connectivity index (χ1v) is 10.1. The molecule has 2 aromatic rings. The summed E-state index contributed by atoms with van der Waals surface area (Å²) < 4.78 is 26.7. The molecule has 0 aliphatic carbocycles. The number of carbonyl (C=O) groups is 1. The minimum Gasteiger partial charge on any atom is -0.337 e. The van der Waals surface area contributed by atoms with E-state index in [9.17, 15) is 13.2 Å². The van der Waals surface area contributed by atoms with Gasteiger partial charge in [0.1, 0.15) is 0 Å². The third-order valence-corrected chi connectivity index (χ3v) is 6.32. The lowest BCUT2D eigenvalue weighted by Gasteiger charge is -2.20. The largest absolute Gasteiger partial charge is 0.337 e. The normalized spacial score (nSPS) is 11.2. The zero-order chi connectivity index (χ0) is 20.0. The van der Waals surface area contributed by atoms with Crippen LogP contribution < -0.4 is 0 Å². The van der Waals surface area contributed by atoms with Crippen LogP contribution in [-0.2, 0) is 16.6 Å². The molecule has 0 bridgehead atoms. The average molecular weight is 385 g/mol. The van der Waals surface area contributed by atoms with Crippen LogP contribution in [0, 0.1) is 11.3 Å². The van der Waals surface area contributed by atoms with Crippen molar-refractivity contribution in [3.8, 4) is 6.07 Å². The Morgan fingerprint density at radius 3 is 2.26 bits per heavy atom. The standard InChI is InChI=1S/C20H23N3O3S/c1-4-23(5-2)27(25,26)19-8-6-7-18(13-19)20(24)22(3)15-17-11-9-16(14-21)10-12-17/h6-13H,4-5,15H2,1-3H3. The second kappa shape index (κ2) is 8.80. The zero-order valence-electron chi connectivity index (χ0n) is 15.7. The smallest absolute Gasteiger partial charge is 0.253 e. The van der Waals surface area contributed by atoms with Crippen molar-refractivity contribution < 1.29 is 13.2 Å². The first-order chi connectivity index (χ1) is 12.8. The lowest BCUT2D eigenvalue weighted by molar-refractivity contribution is 0.0785. The van der Waals surface area contributed by atoms with Crippen LogP contribution in [-0.4, -0.2) is 43.7 Å². The molecule has 0 aliphatic rings. The third kappa shape index (κ3) is 4.73. The number of amides is 1. The minimum atomic E-state index is -3.62. The highest BCUT2D eigenvalue weighted by atomic mass is 32.2. The summed E-state index contributed by atoms with van der Waals surface area (Å²) in [4.78, 5) is 14.4. The van der Waals surface area contributed by atoms with Gasteiger partial charge in [-0.05, 0) is 35.9 Å². The fraction of sp³-hybridized carbons (Fsp3) is 0.300. The van der Waals surface area contributed by atoms with Gasteiger partial charge in [0.05, 0.1) is 16.5 Å². The van der Waals surface area contributed by atoms with E-state index in [1.807, 2.05) is 0 Å². The summed E-state index contributed by atoms with van der Waals surface area (Å²) in [6, 6.07) is 15.2. The van der Waals surface area contributed by atoms with E-state index in [-0.39, 0.29) is 10.8 Å². The Labute approximate surface area is 160 Å². The first-order valence-electron chi connectivity index (χ1n) is 8.68. The van der Waals surface area contributed by atoms with Gasteiger partial charge < -0.3 is 4.90 Å². The maximum Gasteiger partial charge on any atom is 0.253 e. The number of rotatable bonds is 7. The summed E-state index contributed by atoms with van der Waals surface area (Å²) in [5.74, 6) is -0.268. The number of hydrogen-bond acceptors (Lipinski definition) is 4. The van der Waals surface area contributed by atoms with Gasteiger partial charge in [-0.3, -0.25) is 4.79 Å². The SMILES string of the molecule is CCN(CC)S(=O)(=O)c1cccc(C(=O)N(C)Cc2ccc(C#N)cc2)c1. The Kier molecular flexibility index (Phi) is 6.72. The fourth-order valence-electron chi connectivity index (χ4n) is 2.75. The summed E-state index contributed by atoms with van der Waals surface area (Å²) in [7, 11) is -1.96. The molecule has 7 heteroatoms. The van der Waals surface area contributed by atoms with Crippen molar-refractivity contribution in [2.75, 3.05) is 20.1 Å². The predicted molar refractivity (Wildman–Crippen MR) is 104 cm³/mol. The predicted octanol–water partition coefficient (Wildman–Crippen LogP) is 2.86. The molecule has 0 saturated carbocycles. The van der Waals surface area contributed by atoms with Crippen LogP contribution in [0.4, 0.5) is 0 Å². The summed E-state index contributed by atoms with van der Waals surface area (Å²) in [5, 5.41) is 8.85. The molecule has 1 amide bonds. The minimum absolute atomic E-state index is 0.115. The number of hydrogen-bond donors (Lipinski definition) is 0. The van der Waals surface area contributed by atoms with Crippen LogP contribution in [0.3, 0.4) is 0 Å². The Balaban J connectivity index is 2.22. The molecule has 142 valence electrons. The van der Waals surface area contributed by atoms with Gasteiger partial charge in [-0.15, -0.1) is 0 Å². The lowest BCUT2D eigenvalue weighted by Crippen LogP contribution is -2.31. The zero-order valence-corrected chi connectivity index (χ0v) is 16.5. The van der Waals surface area contributed by atoms with Crippen molar-refractivity contribution >= 4 is 15.9 Å². The molecule has 2 aromatic carbocycles. The molecule has 0 saturated heterocycles. The van der Waals surface area contributed by atoms with Crippen LogP contribution in [0.2, 0.25) is 0 Å². The molecule has 0 atom stereocenters. The Morgan fingerprint density at radius 1 is 1.07 bits per heavy atom. The molecule has 0 spiro atoms. The van der Waals surface area contributed by atoms with E-state index in [0.717, 1.165) is 5.56 Å². The van der Waals surface area contributed by atoms with Crippen molar-refractivity contribution in [2.45, 2.75) is 25.3 Å². The molecule has 0 radical (unpaired) electrons. The van der Waals surface area contributed by atoms with E-state index in [1.54, 1.807) is 57.3 Å². The molecule has 27 heavy (non-hydrogen) atoms. The van der Waals surface area contributed by atoms with Gasteiger partial charge in [0.15, 0.2) is 0 Å².